The summed E-state index contributed by atoms with van der Waals surface area (Å²) in [6, 6.07) is 6.61. The van der Waals surface area contributed by atoms with Gasteiger partial charge >= 0.3 is 0 Å². The van der Waals surface area contributed by atoms with E-state index in [0.29, 0.717) is 18.0 Å². The van der Waals surface area contributed by atoms with E-state index in [2.05, 4.69) is 15.9 Å². The smallest absolute Gasteiger partial charge is 0.242 e. The third-order valence-corrected chi connectivity index (χ3v) is 5.07. The van der Waals surface area contributed by atoms with Gasteiger partial charge in [-0.1, -0.05) is 29.8 Å². The SMILES string of the molecule is CN(CC(C)(C)CN)S(=O)(=O)c1ccc(Br)cc1.Cl. The summed E-state index contributed by atoms with van der Waals surface area (Å²) < 4.78 is 26.8. The van der Waals surface area contributed by atoms with Crippen LogP contribution in [-0.2, 0) is 10.0 Å². The Morgan fingerprint density at radius 1 is 1.26 bits per heavy atom. The van der Waals surface area contributed by atoms with Crippen molar-refractivity contribution in [2.45, 2.75) is 18.7 Å². The van der Waals surface area contributed by atoms with Crippen molar-refractivity contribution in [3.63, 3.8) is 0 Å². The summed E-state index contributed by atoms with van der Waals surface area (Å²) in [5, 5.41) is 0. The van der Waals surface area contributed by atoms with E-state index in [-0.39, 0.29) is 17.8 Å². The van der Waals surface area contributed by atoms with Crippen molar-refractivity contribution in [2.24, 2.45) is 11.1 Å². The second-order valence-electron chi connectivity index (χ2n) is 5.08. The molecule has 0 saturated carbocycles. The van der Waals surface area contributed by atoms with Gasteiger partial charge in [0, 0.05) is 18.1 Å². The van der Waals surface area contributed by atoms with E-state index in [4.69, 9.17) is 5.73 Å². The van der Waals surface area contributed by atoms with Crippen LogP contribution in [-0.4, -0.2) is 32.9 Å². The van der Waals surface area contributed by atoms with Crippen molar-refractivity contribution in [1.82, 2.24) is 4.31 Å². The number of nitrogens with zero attached hydrogens (tertiary/aromatic N) is 1. The number of rotatable bonds is 5. The minimum absolute atomic E-state index is 0. The highest BCUT2D eigenvalue weighted by Gasteiger charge is 2.26. The van der Waals surface area contributed by atoms with E-state index in [1.54, 1.807) is 31.3 Å². The van der Waals surface area contributed by atoms with Gasteiger partial charge in [-0.05, 0) is 36.2 Å². The van der Waals surface area contributed by atoms with Crippen molar-refractivity contribution in [1.29, 1.82) is 0 Å². The molecule has 1 aromatic carbocycles. The normalized spacial score (nSPS) is 12.3. The Bertz CT molecular complexity index is 503. The van der Waals surface area contributed by atoms with Crippen LogP contribution >= 0.6 is 28.3 Å². The molecule has 0 bridgehead atoms. The molecule has 0 fully saturated rings. The summed E-state index contributed by atoms with van der Waals surface area (Å²) in [6.07, 6.45) is 0. The van der Waals surface area contributed by atoms with Gasteiger partial charge < -0.3 is 5.73 Å². The van der Waals surface area contributed by atoms with Crippen molar-refractivity contribution < 1.29 is 8.42 Å². The fraction of sp³-hybridized carbons (Fsp3) is 0.500. The first-order valence-corrected chi connectivity index (χ1v) is 7.84. The zero-order valence-corrected chi connectivity index (χ0v) is 14.5. The van der Waals surface area contributed by atoms with Crippen molar-refractivity contribution >= 4 is 38.4 Å². The highest BCUT2D eigenvalue weighted by atomic mass is 79.9. The fourth-order valence-electron chi connectivity index (χ4n) is 1.54. The molecule has 0 spiro atoms. The molecule has 2 N–H and O–H groups in total. The lowest BCUT2D eigenvalue weighted by atomic mass is 9.94. The molecule has 0 aliphatic carbocycles. The minimum atomic E-state index is -3.44. The third kappa shape index (κ3) is 5.04. The van der Waals surface area contributed by atoms with E-state index in [1.807, 2.05) is 13.8 Å². The van der Waals surface area contributed by atoms with E-state index in [9.17, 15) is 8.42 Å². The van der Waals surface area contributed by atoms with Gasteiger partial charge in [0.1, 0.15) is 0 Å². The minimum Gasteiger partial charge on any atom is -0.330 e. The Kier molecular flexibility index (Phi) is 6.99. The van der Waals surface area contributed by atoms with Gasteiger partial charge in [-0.2, -0.15) is 0 Å². The van der Waals surface area contributed by atoms with Gasteiger partial charge in [-0.25, -0.2) is 12.7 Å². The largest absolute Gasteiger partial charge is 0.330 e. The summed E-state index contributed by atoms with van der Waals surface area (Å²) in [7, 11) is -1.86. The first-order valence-electron chi connectivity index (χ1n) is 5.61. The van der Waals surface area contributed by atoms with Gasteiger partial charge in [0.05, 0.1) is 4.90 Å². The zero-order chi connectivity index (χ0) is 14.0. The van der Waals surface area contributed by atoms with Crippen LogP contribution in [0.3, 0.4) is 0 Å². The summed E-state index contributed by atoms with van der Waals surface area (Å²) in [6.45, 7) is 4.72. The molecule has 0 aliphatic heterocycles. The lowest BCUT2D eigenvalue weighted by molar-refractivity contribution is 0.292. The van der Waals surface area contributed by atoms with Gasteiger partial charge in [0.2, 0.25) is 10.0 Å². The van der Waals surface area contributed by atoms with Crippen LogP contribution in [0.1, 0.15) is 13.8 Å². The van der Waals surface area contributed by atoms with Crippen LogP contribution in [0.25, 0.3) is 0 Å². The summed E-state index contributed by atoms with van der Waals surface area (Å²) in [5.74, 6) is 0. The Labute approximate surface area is 130 Å². The number of hydrogen-bond acceptors (Lipinski definition) is 3. The summed E-state index contributed by atoms with van der Waals surface area (Å²) in [4.78, 5) is 0.293. The van der Waals surface area contributed by atoms with Crippen LogP contribution in [0.15, 0.2) is 33.6 Å². The monoisotopic (exact) mass is 370 g/mol. The molecule has 4 nitrogen and oxygen atoms in total. The van der Waals surface area contributed by atoms with Crippen molar-refractivity contribution in [3.05, 3.63) is 28.7 Å². The zero-order valence-electron chi connectivity index (χ0n) is 11.3. The number of hydrogen-bond donors (Lipinski definition) is 1. The molecule has 0 radical (unpaired) electrons. The molecular weight excluding hydrogens is 352 g/mol. The lowest BCUT2D eigenvalue weighted by Gasteiger charge is -2.28. The molecule has 0 atom stereocenters. The molecule has 0 aromatic heterocycles. The summed E-state index contributed by atoms with van der Waals surface area (Å²) >= 11 is 3.28. The molecule has 0 heterocycles. The maximum Gasteiger partial charge on any atom is 0.242 e. The third-order valence-electron chi connectivity index (χ3n) is 2.73. The van der Waals surface area contributed by atoms with Crippen molar-refractivity contribution in [3.8, 4) is 0 Å². The van der Waals surface area contributed by atoms with Crippen LogP contribution in [0.4, 0.5) is 0 Å². The lowest BCUT2D eigenvalue weighted by Crippen LogP contribution is -2.39. The van der Waals surface area contributed by atoms with Gasteiger partial charge in [-0.15, -0.1) is 12.4 Å². The first kappa shape index (κ1) is 18.9. The molecule has 1 aromatic rings. The number of benzene rings is 1. The molecule has 0 aliphatic rings. The van der Waals surface area contributed by atoms with Crippen LogP contribution in [0.5, 0.6) is 0 Å². The number of sulfonamides is 1. The Balaban J connectivity index is 0.00000324. The van der Waals surface area contributed by atoms with Crippen LogP contribution in [0.2, 0.25) is 0 Å². The predicted molar refractivity (Wildman–Crippen MR) is 84.0 cm³/mol. The second kappa shape index (κ2) is 7.04. The maximum atomic E-state index is 12.3. The number of nitrogens with two attached hydrogens (primary N) is 1. The Morgan fingerprint density at radius 3 is 2.16 bits per heavy atom. The average molecular weight is 372 g/mol. The number of halogens is 2. The highest BCUT2D eigenvalue weighted by molar-refractivity contribution is 9.10. The van der Waals surface area contributed by atoms with Gasteiger partial charge in [0.25, 0.3) is 0 Å². The Hall–Kier alpha value is -0.140. The average Bonchev–Trinajstić information content (AvgIpc) is 2.29. The molecule has 19 heavy (non-hydrogen) atoms. The molecule has 110 valence electrons. The summed E-state index contributed by atoms with van der Waals surface area (Å²) in [5.41, 5.74) is 5.39. The Morgan fingerprint density at radius 2 is 1.74 bits per heavy atom. The van der Waals surface area contributed by atoms with Gasteiger partial charge in [0.15, 0.2) is 0 Å². The second-order valence-corrected chi connectivity index (χ2v) is 8.04. The quantitative estimate of drug-likeness (QED) is 0.865. The van der Waals surface area contributed by atoms with E-state index < -0.39 is 10.0 Å². The standard InChI is InChI=1S/C12H19BrN2O2S.ClH/c1-12(2,8-14)9-15(3)18(16,17)11-6-4-10(13)5-7-11;/h4-7H,8-9,14H2,1-3H3;1H. The molecule has 1 rings (SSSR count). The first-order chi connectivity index (χ1) is 8.19. The van der Waals surface area contributed by atoms with Gasteiger partial charge in [-0.3, -0.25) is 0 Å². The maximum absolute atomic E-state index is 12.3. The van der Waals surface area contributed by atoms with E-state index in [1.165, 1.54) is 4.31 Å². The van der Waals surface area contributed by atoms with Crippen molar-refractivity contribution in [2.75, 3.05) is 20.1 Å². The molecule has 7 heteroatoms. The van der Waals surface area contributed by atoms with Crippen LogP contribution in [0, 0.1) is 5.41 Å². The predicted octanol–water partition coefficient (Wildman–Crippen LogP) is 2.48. The van der Waals surface area contributed by atoms with E-state index >= 15 is 0 Å². The fourth-order valence-corrected chi connectivity index (χ4v) is 3.16. The van der Waals surface area contributed by atoms with E-state index in [0.717, 1.165) is 4.47 Å². The molecule has 0 saturated heterocycles. The topological polar surface area (TPSA) is 63.4 Å². The van der Waals surface area contributed by atoms with Crippen LogP contribution < -0.4 is 5.73 Å². The molecular formula is C12H20BrClN2O2S. The molecule has 0 unspecified atom stereocenters. The highest BCUT2D eigenvalue weighted by Crippen LogP contribution is 2.21. The molecule has 0 amide bonds.